The van der Waals surface area contributed by atoms with Gasteiger partial charge in [0.25, 0.3) is 5.91 Å². The van der Waals surface area contributed by atoms with Crippen molar-refractivity contribution >= 4 is 17.5 Å². The van der Waals surface area contributed by atoms with Crippen molar-refractivity contribution in [2.24, 2.45) is 5.92 Å². The molecular weight excluding hydrogens is 292 g/mol. The van der Waals surface area contributed by atoms with E-state index in [4.69, 9.17) is 5.11 Å². The minimum Gasteiger partial charge on any atom is -0.396 e. The van der Waals surface area contributed by atoms with Crippen LogP contribution in [0.5, 0.6) is 0 Å². The van der Waals surface area contributed by atoms with Crippen LogP contribution in [0.3, 0.4) is 0 Å². The van der Waals surface area contributed by atoms with E-state index in [2.05, 4.69) is 5.32 Å². The van der Waals surface area contributed by atoms with Gasteiger partial charge in [0.1, 0.15) is 0 Å². The zero-order valence-corrected chi connectivity index (χ0v) is 13.3. The summed E-state index contributed by atoms with van der Waals surface area (Å²) in [6, 6.07) is 7.40. The fourth-order valence-electron chi connectivity index (χ4n) is 3.18. The number of rotatable bonds is 6. The van der Waals surface area contributed by atoms with Crippen LogP contribution in [0.25, 0.3) is 0 Å². The van der Waals surface area contributed by atoms with E-state index in [0.717, 1.165) is 50.8 Å². The Hall–Kier alpha value is -1.88. The van der Waals surface area contributed by atoms with Gasteiger partial charge in [-0.25, -0.2) is 0 Å². The maximum absolute atomic E-state index is 12.6. The molecule has 2 fully saturated rings. The number of carbonyl (C=O) groups excluding carboxylic acids is 2. The average molecular weight is 316 g/mol. The standard InChI is InChI=1S/C18H24N2O3/c21-12-2-4-16-3-1-11-20(16)18(23)14-7-9-15(10-8-14)19-17(22)13-5-6-13/h7-10,13,16,21H,1-6,11-12H2,(H,19,22). The first-order chi connectivity index (χ1) is 11.2. The van der Waals surface area contributed by atoms with Crippen molar-refractivity contribution in [2.75, 3.05) is 18.5 Å². The Morgan fingerprint density at radius 1 is 1.17 bits per heavy atom. The number of aliphatic hydroxyl groups is 1. The maximum Gasteiger partial charge on any atom is 0.254 e. The van der Waals surface area contributed by atoms with Crippen LogP contribution >= 0.6 is 0 Å². The fraction of sp³-hybridized carbons (Fsp3) is 0.556. The molecule has 0 spiro atoms. The zero-order chi connectivity index (χ0) is 16.2. The quantitative estimate of drug-likeness (QED) is 0.847. The third-order valence-corrected chi connectivity index (χ3v) is 4.68. The molecule has 2 amide bonds. The molecule has 1 saturated carbocycles. The van der Waals surface area contributed by atoms with E-state index in [9.17, 15) is 9.59 Å². The van der Waals surface area contributed by atoms with Crippen molar-refractivity contribution in [3.8, 4) is 0 Å². The summed E-state index contributed by atoms with van der Waals surface area (Å²) in [6.07, 6.45) is 5.59. The number of nitrogens with zero attached hydrogens (tertiary/aromatic N) is 1. The van der Waals surface area contributed by atoms with E-state index in [0.29, 0.717) is 5.56 Å². The number of hydrogen-bond donors (Lipinski definition) is 2. The van der Waals surface area contributed by atoms with Crippen molar-refractivity contribution in [1.82, 2.24) is 4.90 Å². The summed E-state index contributed by atoms with van der Waals surface area (Å²) in [5.74, 6) is 0.298. The lowest BCUT2D eigenvalue weighted by Gasteiger charge is -2.24. The molecule has 1 heterocycles. The Morgan fingerprint density at radius 2 is 1.91 bits per heavy atom. The summed E-state index contributed by atoms with van der Waals surface area (Å²) in [6.45, 7) is 0.961. The van der Waals surface area contributed by atoms with Crippen LogP contribution in [0.15, 0.2) is 24.3 Å². The molecule has 5 heteroatoms. The molecule has 1 aliphatic heterocycles. The highest BCUT2D eigenvalue weighted by molar-refractivity contribution is 5.97. The van der Waals surface area contributed by atoms with Gasteiger partial charge in [-0.3, -0.25) is 9.59 Å². The number of hydrogen-bond acceptors (Lipinski definition) is 3. The molecule has 1 atom stereocenters. The Kier molecular flexibility index (Phi) is 4.96. The summed E-state index contributed by atoms with van der Waals surface area (Å²) >= 11 is 0. The number of amides is 2. The lowest BCUT2D eigenvalue weighted by molar-refractivity contribution is -0.117. The van der Waals surface area contributed by atoms with E-state index in [1.165, 1.54) is 0 Å². The number of likely N-dealkylation sites (tertiary alicyclic amines) is 1. The molecule has 5 nitrogen and oxygen atoms in total. The van der Waals surface area contributed by atoms with Gasteiger partial charge in [-0.05, 0) is 62.8 Å². The van der Waals surface area contributed by atoms with E-state index in [1.807, 2.05) is 4.90 Å². The lowest BCUT2D eigenvalue weighted by Crippen LogP contribution is -2.35. The molecule has 23 heavy (non-hydrogen) atoms. The van der Waals surface area contributed by atoms with Gasteiger partial charge < -0.3 is 15.3 Å². The van der Waals surface area contributed by atoms with Gasteiger partial charge in [-0.2, -0.15) is 0 Å². The molecule has 1 aliphatic carbocycles. The third-order valence-electron chi connectivity index (χ3n) is 4.68. The van der Waals surface area contributed by atoms with Crippen molar-refractivity contribution in [3.05, 3.63) is 29.8 Å². The molecule has 3 rings (SSSR count). The van der Waals surface area contributed by atoms with E-state index in [-0.39, 0.29) is 30.4 Å². The van der Waals surface area contributed by atoms with Crippen molar-refractivity contribution < 1.29 is 14.7 Å². The SMILES string of the molecule is O=C(Nc1ccc(C(=O)N2CCCC2CCCO)cc1)C1CC1. The molecule has 0 radical (unpaired) electrons. The monoisotopic (exact) mass is 316 g/mol. The summed E-state index contributed by atoms with van der Waals surface area (Å²) in [5.41, 5.74) is 1.40. The Balaban J connectivity index is 1.61. The molecule has 1 aromatic carbocycles. The Labute approximate surface area is 136 Å². The topological polar surface area (TPSA) is 69.6 Å². The first-order valence-electron chi connectivity index (χ1n) is 8.52. The second-order valence-corrected chi connectivity index (χ2v) is 6.50. The Bertz CT molecular complexity index is 566. The summed E-state index contributed by atoms with van der Waals surface area (Å²) in [7, 11) is 0. The summed E-state index contributed by atoms with van der Waals surface area (Å²) < 4.78 is 0. The van der Waals surface area contributed by atoms with Crippen molar-refractivity contribution in [1.29, 1.82) is 0 Å². The zero-order valence-electron chi connectivity index (χ0n) is 13.3. The van der Waals surface area contributed by atoms with Crippen LogP contribution in [0.1, 0.15) is 48.9 Å². The molecule has 1 aromatic rings. The highest BCUT2D eigenvalue weighted by atomic mass is 16.3. The molecule has 1 saturated heterocycles. The highest BCUT2D eigenvalue weighted by Gasteiger charge is 2.30. The number of carbonyl (C=O) groups is 2. The smallest absolute Gasteiger partial charge is 0.254 e. The van der Waals surface area contributed by atoms with Gasteiger partial charge >= 0.3 is 0 Å². The molecule has 1 unspecified atom stereocenters. The molecule has 2 aliphatic rings. The van der Waals surface area contributed by atoms with E-state index in [1.54, 1.807) is 24.3 Å². The number of nitrogens with one attached hydrogen (secondary N) is 1. The maximum atomic E-state index is 12.6. The second-order valence-electron chi connectivity index (χ2n) is 6.50. The van der Waals surface area contributed by atoms with Gasteiger partial charge in [0, 0.05) is 36.4 Å². The van der Waals surface area contributed by atoms with Crippen LogP contribution in [-0.2, 0) is 4.79 Å². The second kappa shape index (κ2) is 7.13. The predicted octanol–water partition coefficient (Wildman–Crippen LogP) is 2.41. The van der Waals surface area contributed by atoms with Gasteiger partial charge in [0.2, 0.25) is 5.91 Å². The highest BCUT2D eigenvalue weighted by Crippen LogP contribution is 2.30. The van der Waals surface area contributed by atoms with Gasteiger partial charge in [0.05, 0.1) is 0 Å². The molecular formula is C18H24N2O3. The predicted molar refractivity (Wildman–Crippen MR) is 88.2 cm³/mol. The van der Waals surface area contributed by atoms with Gasteiger partial charge in [0.15, 0.2) is 0 Å². The van der Waals surface area contributed by atoms with Gasteiger partial charge in [-0.15, -0.1) is 0 Å². The molecule has 0 bridgehead atoms. The number of anilines is 1. The van der Waals surface area contributed by atoms with Crippen LogP contribution in [-0.4, -0.2) is 41.0 Å². The van der Waals surface area contributed by atoms with Gasteiger partial charge in [-0.1, -0.05) is 0 Å². The fourth-order valence-corrected chi connectivity index (χ4v) is 3.18. The van der Waals surface area contributed by atoms with Crippen LogP contribution < -0.4 is 5.32 Å². The largest absolute Gasteiger partial charge is 0.396 e. The molecule has 124 valence electrons. The minimum atomic E-state index is 0.0468. The van der Waals surface area contributed by atoms with Crippen molar-refractivity contribution in [3.63, 3.8) is 0 Å². The molecule has 0 aromatic heterocycles. The minimum absolute atomic E-state index is 0.0468. The van der Waals surface area contributed by atoms with Crippen molar-refractivity contribution in [2.45, 2.75) is 44.6 Å². The van der Waals surface area contributed by atoms with Crippen LogP contribution in [0.2, 0.25) is 0 Å². The third kappa shape index (κ3) is 3.91. The Morgan fingerprint density at radius 3 is 2.57 bits per heavy atom. The number of aliphatic hydroxyl groups excluding tert-OH is 1. The van der Waals surface area contributed by atoms with Crippen LogP contribution in [0.4, 0.5) is 5.69 Å². The first kappa shape index (κ1) is 16.0. The van der Waals surface area contributed by atoms with E-state index >= 15 is 0 Å². The first-order valence-corrected chi connectivity index (χ1v) is 8.52. The normalized spacial score (nSPS) is 20.6. The average Bonchev–Trinajstić information content (AvgIpc) is 3.32. The van der Waals surface area contributed by atoms with E-state index < -0.39 is 0 Å². The lowest BCUT2D eigenvalue weighted by atomic mass is 10.1. The van der Waals surface area contributed by atoms with Crippen LogP contribution in [0, 0.1) is 5.92 Å². The molecule has 2 N–H and O–H groups in total. The number of benzene rings is 1. The summed E-state index contributed by atoms with van der Waals surface area (Å²) in [4.78, 5) is 26.3. The summed E-state index contributed by atoms with van der Waals surface area (Å²) in [5, 5.41) is 11.9.